The Kier molecular flexibility index (Phi) is 6.37. The lowest BCUT2D eigenvalue weighted by Crippen LogP contribution is -2.30. The summed E-state index contributed by atoms with van der Waals surface area (Å²) in [7, 11) is -2.50. The quantitative estimate of drug-likeness (QED) is 0.716. The fourth-order valence-electron chi connectivity index (χ4n) is 2.31. The van der Waals surface area contributed by atoms with Gasteiger partial charge in [0.05, 0.1) is 24.5 Å². The third-order valence-corrected chi connectivity index (χ3v) is 5.95. The summed E-state index contributed by atoms with van der Waals surface area (Å²) in [4.78, 5) is 11.9. The first-order valence-corrected chi connectivity index (χ1v) is 9.92. The molecule has 1 atom stereocenters. The van der Waals surface area contributed by atoms with Crippen LogP contribution in [0.5, 0.6) is 0 Å². The van der Waals surface area contributed by atoms with Crippen LogP contribution in [0, 0.1) is 13.8 Å². The number of aryl methyl sites for hydroxylation is 2. The fraction of sp³-hybridized carbons (Fsp3) is 0.278. The second kappa shape index (κ2) is 8.12. The van der Waals surface area contributed by atoms with Crippen LogP contribution in [0.2, 0.25) is 0 Å². The molecule has 0 spiro atoms. The Hall–Kier alpha value is -1.70. The van der Waals surface area contributed by atoms with E-state index >= 15 is 0 Å². The first kappa shape index (κ1) is 19.6. The average Bonchev–Trinajstić information content (AvgIpc) is 2.57. The summed E-state index contributed by atoms with van der Waals surface area (Å²) in [6.07, 6.45) is -0.0950. The van der Waals surface area contributed by atoms with E-state index in [1.807, 2.05) is 13.8 Å². The molecular formula is C18H20BrNO4S. The molecule has 2 rings (SSSR count). The van der Waals surface area contributed by atoms with E-state index in [-0.39, 0.29) is 11.3 Å². The van der Waals surface area contributed by atoms with Gasteiger partial charge in [-0.15, -0.1) is 0 Å². The second-order valence-electron chi connectivity index (χ2n) is 5.75. The molecule has 0 aliphatic heterocycles. The van der Waals surface area contributed by atoms with Gasteiger partial charge >= 0.3 is 5.97 Å². The zero-order chi connectivity index (χ0) is 18.6. The van der Waals surface area contributed by atoms with Crippen LogP contribution in [0.4, 0.5) is 0 Å². The van der Waals surface area contributed by atoms with E-state index in [0.29, 0.717) is 5.56 Å². The molecule has 134 valence electrons. The van der Waals surface area contributed by atoms with E-state index < -0.39 is 22.0 Å². The van der Waals surface area contributed by atoms with Crippen molar-refractivity contribution in [2.24, 2.45) is 0 Å². The molecular weight excluding hydrogens is 406 g/mol. The molecule has 0 bridgehead atoms. The van der Waals surface area contributed by atoms with Gasteiger partial charge in [-0.1, -0.05) is 34.1 Å². The summed E-state index contributed by atoms with van der Waals surface area (Å²) in [6.45, 7) is 3.77. The number of carbonyl (C=O) groups excluding carboxylic acids is 1. The Balaban J connectivity index is 2.35. The van der Waals surface area contributed by atoms with Gasteiger partial charge in [-0.05, 0) is 54.8 Å². The van der Waals surface area contributed by atoms with Gasteiger partial charge in [0.25, 0.3) is 0 Å². The Labute approximate surface area is 156 Å². The molecule has 0 aromatic heterocycles. The highest BCUT2D eigenvalue weighted by Crippen LogP contribution is 2.23. The van der Waals surface area contributed by atoms with Crippen LogP contribution in [0.25, 0.3) is 0 Å². The molecule has 25 heavy (non-hydrogen) atoms. The third-order valence-electron chi connectivity index (χ3n) is 3.96. The molecule has 0 heterocycles. The van der Waals surface area contributed by atoms with Crippen molar-refractivity contribution < 1.29 is 17.9 Å². The van der Waals surface area contributed by atoms with Crippen LogP contribution in [-0.2, 0) is 19.6 Å². The van der Waals surface area contributed by atoms with Crippen molar-refractivity contribution in [3.8, 4) is 0 Å². The molecule has 2 aromatic carbocycles. The van der Waals surface area contributed by atoms with Gasteiger partial charge in [0.1, 0.15) is 0 Å². The Morgan fingerprint density at radius 1 is 1.12 bits per heavy atom. The Morgan fingerprint density at radius 2 is 1.76 bits per heavy atom. The molecule has 0 saturated heterocycles. The Bertz CT molecular complexity index is 863. The summed E-state index contributed by atoms with van der Waals surface area (Å²) in [5.41, 5.74) is 2.58. The maximum atomic E-state index is 12.7. The van der Waals surface area contributed by atoms with Crippen LogP contribution in [0.1, 0.15) is 29.2 Å². The summed E-state index contributed by atoms with van der Waals surface area (Å²) in [6, 6.07) is 11.3. The van der Waals surface area contributed by atoms with Crippen molar-refractivity contribution in [2.45, 2.75) is 31.2 Å². The first-order valence-electron chi connectivity index (χ1n) is 7.65. The SMILES string of the molecule is COC(=O)CC(NS(=O)(=O)c1ccc(C)c(C)c1)c1ccc(Br)cc1. The number of carbonyl (C=O) groups is 1. The van der Waals surface area contributed by atoms with Crippen molar-refractivity contribution >= 4 is 31.9 Å². The zero-order valence-corrected chi connectivity index (χ0v) is 16.6. The van der Waals surface area contributed by atoms with Crippen molar-refractivity contribution in [3.05, 3.63) is 63.6 Å². The summed E-state index contributed by atoms with van der Waals surface area (Å²) < 4.78 is 33.7. The lowest BCUT2D eigenvalue weighted by molar-refractivity contribution is -0.141. The van der Waals surface area contributed by atoms with Crippen LogP contribution < -0.4 is 4.72 Å². The molecule has 0 aliphatic rings. The molecule has 5 nitrogen and oxygen atoms in total. The van der Waals surface area contributed by atoms with Crippen LogP contribution in [-0.4, -0.2) is 21.5 Å². The molecule has 2 aromatic rings. The number of hydrogen-bond donors (Lipinski definition) is 1. The molecule has 7 heteroatoms. The second-order valence-corrected chi connectivity index (χ2v) is 8.38. The van der Waals surface area contributed by atoms with Crippen LogP contribution in [0.15, 0.2) is 51.8 Å². The monoisotopic (exact) mass is 425 g/mol. The topological polar surface area (TPSA) is 72.5 Å². The van der Waals surface area contributed by atoms with E-state index in [9.17, 15) is 13.2 Å². The van der Waals surface area contributed by atoms with E-state index in [4.69, 9.17) is 4.74 Å². The number of hydrogen-bond acceptors (Lipinski definition) is 4. The smallest absolute Gasteiger partial charge is 0.307 e. The van der Waals surface area contributed by atoms with E-state index in [2.05, 4.69) is 20.7 Å². The number of sulfonamides is 1. The minimum Gasteiger partial charge on any atom is -0.469 e. The maximum absolute atomic E-state index is 12.7. The number of halogens is 1. The predicted molar refractivity (Wildman–Crippen MR) is 99.8 cm³/mol. The lowest BCUT2D eigenvalue weighted by Gasteiger charge is -2.19. The molecule has 1 N–H and O–H groups in total. The van der Waals surface area contributed by atoms with Crippen molar-refractivity contribution in [1.82, 2.24) is 4.72 Å². The van der Waals surface area contributed by atoms with Gasteiger partial charge in [-0.3, -0.25) is 4.79 Å². The van der Waals surface area contributed by atoms with Gasteiger partial charge < -0.3 is 4.74 Å². The highest BCUT2D eigenvalue weighted by molar-refractivity contribution is 9.10. The number of ether oxygens (including phenoxy) is 1. The number of rotatable bonds is 6. The first-order chi connectivity index (χ1) is 11.7. The van der Waals surface area contributed by atoms with Gasteiger partial charge in [0.15, 0.2) is 0 Å². The van der Waals surface area contributed by atoms with Gasteiger partial charge in [0.2, 0.25) is 10.0 Å². The van der Waals surface area contributed by atoms with Crippen molar-refractivity contribution in [3.63, 3.8) is 0 Å². The molecule has 0 aliphatic carbocycles. The largest absolute Gasteiger partial charge is 0.469 e. The van der Waals surface area contributed by atoms with Gasteiger partial charge in [0, 0.05) is 4.47 Å². The fourth-order valence-corrected chi connectivity index (χ4v) is 3.88. The van der Waals surface area contributed by atoms with E-state index in [0.717, 1.165) is 15.6 Å². The molecule has 1 unspecified atom stereocenters. The summed E-state index contributed by atoms with van der Waals surface area (Å²) in [5, 5.41) is 0. The molecule has 0 radical (unpaired) electrons. The number of benzene rings is 2. The minimum atomic E-state index is -3.78. The molecule has 0 saturated carbocycles. The van der Waals surface area contributed by atoms with E-state index in [1.54, 1.807) is 42.5 Å². The predicted octanol–water partition coefficient (Wildman–Crippen LogP) is 3.65. The summed E-state index contributed by atoms with van der Waals surface area (Å²) >= 11 is 3.34. The lowest BCUT2D eigenvalue weighted by atomic mass is 10.1. The van der Waals surface area contributed by atoms with Crippen LogP contribution >= 0.6 is 15.9 Å². The standard InChI is InChI=1S/C18H20BrNO4S/c1-12-4-9-16(10-13(12)2)25(22,23)20-17(11-18(21)24-3)14-5-7-15(19)8-6-14/h4-10,17,20H,11H2,1-3H3. The minimum absolute atomic E-state index is 0.0950. The van der Waals surface area contributed by atoms with Crippen molar-refractivity contribution in [1.29, 1.82) is 0 Å². The number of nitrogens with one attached hydrogen (secondary N) is 1. The highest BCUT2D eigenvalue weighted by atomic mass is 79.9. The third kappa shape index (κ3) is 5.14. The Morgan fingerprint density at radius 3 is 2.32 bits per heavy atom. The normalized spacial score (nSPS) is 12.6. The maximum Gasteiger partial charge on any atom is 0.307 e. The van der Waals surface area contributed by atoms with E-state index in [1.165, 1.54) is 7.11 Å². The molecule has 0 amide bonds. The number of esters is 1. The summed E-state index contributed by atoms with van der Waals surface area (Å²) in [5.74, 6) is -0.490. The van der Waals surface area contributed by atoms with Gasteiger partial charge in [-0.25, -0.2) is 13.1 Å². The van der Waals surface area contributed by atoms with Crippen molar-refractivity contribution in [2.75, 3.05) is 7.11 Å². The zero-order valence-electron chi connectivity index (χ0n) is 14.2. The highest BCUT2D eigenvalue weighted by Gasteiger charge is 2.24. The molecule has 0 fully saturated rings. The average molecular weight is 426 g/mol. The van der Waals surface area contributed by atoms with Crippen LogP contribution in [0.3, 0.4) is 0 Å². The number of methoxy groups -OCH3 is 1. The van der Waals surface area contributed by atoms with Gasteiger partial charge in [-0.2, -0.15) is 0 Å².